The molecular weight excluding hydrogens is 342 g/mol. The van der Waals surface area contributed by atoms with Crippen LogP contribution in [0, 0.1) is 6.92 Å². The molecule has 0 aliphatic heterocycles. The van der Waals surface area contributed by atoms with Crippen molar-refractivity contribution in [2.24, 2.45) is 7.05 Å². The number of benzene rings is 1. The largest absolute Gasteiger partial charge is 0.415 e. The maximum Gasteiger partial charge on any atom is 0.268 e. The van der Waals surface area contributed by atoms with Gasteiger partial charge in [-0.05, 0) is 25.1 Å². The Morgan fingerprint density at radius 2 is 1.81 bits per heavy atom. The highest BCUT2D eigenvalue weighted by molar-refractivity contribution is 5.66. The Bertz CT molecular complexity index is 1250. The molecule has 8 nitrogen and oxygen atoms in total. The van der Waals surface area contributed by atoms with Crippen LogP contribution in [0.1, 0.15) is 5.69 Å². The molecule has 0 N–H and O–H groups in total. The van der Waals surface area contributed by atoms with E-state index in [-0.39, 0.29) is 0 Å². The highest BCUT2D eigenvalue weighted by Gasteiger charge is 2.17. The van der Waals surface area contributed by atoms with Crippen molar-refractivity contribution in [3.8, 4) is 34.3 Å². The lowest BCUT2D eigenvalue weighted by Gasteiger charge is -2.03. The van der Waals surface area contributed by atoms with Gasteiger partial charge < -0.3 is 4.42 Å². The molecular formula is C19H15N7O. The lowest BCUT2D eigenvalue weighted by atomic mass is 10.2. The molecule has 0 fully saturated rings. The molecule has 0 aliphatic carbocycles. The van der Waals surface area contributed by atoms with Gasteiger partial charge in [0.1, 0.15) is 0 Å². The second-order valence-electron chi connectivity index (χ2n) is 6.18. The number of rotatable bonds is 3. The van der Waals surface area contributed by atoms with E-state index in [2.05, 4.69) is 25.4 Å². The molecule has 4 aromatic heterocycles. The molecule has 1 aromatic carbocycles. The van der Waals surface area contributed by atoms with E-state index in [0.29, 0.717) is 23.1 Å². The van der Waals surface area contributed by atoms with Gasteiger partial charge in [-0.2, -0.15) is 10.2 Å². The molecule has 0 saturated carbocycles. The maximum atomic E-state index is 5.82. The average molecular weight is 357 g/mol. The van der Waals surface area contributed by atoms with Crippen LogP contribution in [0.15, 0.2) is 59.3 Å². The Kier molecular flexibility index (Phi) is 3.36. The van der Waals surface area contributed by atoms with Gasteiger partial charge in [0.2, 0.25) is 5.89 Å². The highest BCUT2D eigenvalue weighted by Crippen LogP contribution is 2.27. The molecule has 0 unspecified atom stereocenters. The van der Waals surface area contributed by atoms with E-state index >= 15 is 0 Å². The molecule has 8 heteroatoms. The third-order valence-corrected chi connectivity index (χ3v) is 4.53. The van der Waals surface area contributed by atoms with E-state index in [0.717, 1.165) is 22.5 Å². The van der Waals surface area contributed by atoms with Crippen LogP contribution in [-0.4, -0.2) is 34.6 Å². The molecule has 27 heavy (non-hydrogen) atoms. The first kappa shape index (κ1) is 15.4. The summed E-state index contributed by atoms with van der Waals surface area (Å²) in [5.41, 5.74) is 5.08. The minimum absolute atomic E-state index is 0.355. The van der Waals surface area contributed by atoms with Gasteiger partial charge in [0.05, 0.1) is 11.9 Å². The summed E-state index contributed by atoms with van der Waals surface area (Å²) >= 11 is 0. The van der Waals surface area contributed by atoms with E-state index in [1.54, 1.807) is 10.7 Å². The topological polar surface area (TPSA) is 86.9 Å². The fourth-order valence-electron chi connectivity index (χ4n) is 2.98. The molecule has 0 amide bonds. The van der Waals surface area contributed by atoms with Crippen molar-refractivity contribution in [1.29, 1.82) is 0 Å². The molecule has 0 aliphatic rings. The highest BCUT2D eigenvalue weighted by atomic mass is 16.4. The third-order valence-electron chi connectivity index (χ3n) is 4.53. The summed E-state index contributed by atoms with van der Waals surface area (Å²) in [5, 5.41) is 17.2. The van der Waals surface area contributed by atoms with Crippen molar-refractivity contribution in [3.05, 3.63) is 60.6 Å². The van der Waals surface area contributed by atoms with E-state index in [4.69, 9.17) is 4.42 Å². The summed E-state index contributed by atoms with van der Waals surface area (Å²) in [5.74, 6) is 0.812. The molecule has 5 rings (SSSR count). The Labute approximate surface area is 154 Å². The number of fused-ring (bicyclic) bond motifs is 1. The van der Waals surface area contributed by atoms with E-state index in [1.807, 2.05) is 67.3 Å². The van der Waals surface area contributed by atoms with Crippen molar-refractivity contribution < 1.29 is 4.42 Å². The molecule has 0 bridgehead atoms. The van der Waals surface area contributed by atoms with Crippen molar-refractivity contribution in [1.82, 2.24) is 34.6 Å². The first-order chi connectivity index (χ1) is 13.2. The Morgan fingerprint density at radius 1 is 1.00 bits per heavy atom. The van der Waals surface area contributed by atoms with Crippen LogP contribution >= 0.6 is 0 Å². The summed E-state index contributed by atoms with van der Waals surface area (Å²) in [4.78, 5) is 4.40. The quantitative estimate of drug-likeness (QED) is 0.493. The standard InChI is InChI=1S/C19H15N7O/c1-12-14(11-21-25(12)2)16-8-9-20-17-10-15(24-26(16)17)19-23-22-18(27-19)13-6-4-3-5-7-13/h3-11H,1-2H3. The summed E-state index contributed by atoms with van der Waals surface area (Å²) in [6.07, 6.45) is 3.58. The normalized spacial score (nSPS) is 11.3. The number of aromatic nitrogens is 7. The van der Waals surface area contributed by atoms with Crippen LogP contribution in [-0.2, 0) is 7.05 Å². The monoisotopic (exact) mass is 357 g/mol. The van der Waals surface area contributed by atoms with Gasteiger partial charge in [-0.15, -0.1) is 10.2 Å². The molecule has 4 heterocycles. The smallest absolute Gasteiger partial charge is 0.268 e. The van der Waals surface area contributed by atoms with Crippen LogP contribution < -0.4 is 0 Å². The number of nitrogens with zero attached hydrogens (tertiary/aromatic N) is 7. The van der Waals surface area contributed by atoms with Crippen LogP contribution in [0.25, 0.3) is 39.9 Å². The van der Waals surface area contributed by atoms with E-state index < -0.39 is 0 Å². The van der Waals surface area contributed by atoms with Gasteiger partial charge in [0.25, 0.3) is 5.89 Å². The first-order valence-electron chi connectivity index (χ1n) is 8.44. The molecule has 0 atom stereocenters. The van der Waals surface area contributed by atoms with Gasteiger partial charge in [0, 0.05) is 36.1 Å². The van der Waals surface area contributed by atoms with Gasteiger partial charge >= 0.3 is 0 Å². The Hall–Kier alpha value is -3.81. The fourth-order valence-corrected chi connectivity index (χ4v) is 2.98. The number of aryl methyl sites for hydroxylation is 1. The summed E-state index contributed by atoms with van der Waals surface area (Å²) in [7, 11) is 1.91. The van der Waals surface area contributed by atoms with Crippen LogP contribution in [0.2, 0.25) is 0 Å². The first-order valence-corrected chi connectivity index (χ1v) is 8.44. The maximum absolute atomic E-state index is 5.82. The molecule has 132 valence electrons. The van der Waals surface area contributed by atoms with Crippen molar-refractivity contribution in [3.63, 3.8) is 0 Å². The van der Waals surface area contributed by atoms with E-state index in [1.165, 1.54) is 0 Å². The van der Waals surface area contributed by atoms with E-state index in [9.17, 15) is 0 Å². The SMILES string of the molecule is Cc1c(-c2ccnc3cc(-c4nnc(-c5ccccc5)o4)nn23)cnn1C. The summed E-state index contributed by atoms with van der Waals surface area (Å²) < 4.78 is 9.42. The lowest BCUT2D eigenvalue weighted by Crippen LogP contribution is -1.97. The molecule has 5 aromatic rings. The summed E-state index contributed by atoms with van der Waals surface area (Å²) in [6.45, 7) is 2.02. The molecule has 0 spiro atoms. The third kappa shape index (κ3) is 2.50. The average Bonchev–Trinajstić information content (AvgIpc) is 3.42. The lowest BCUT2D eigenvalue weighted by molar-refractivity contribution is 0.581. The number of hydrogen-bond acceptors (Lipinski definition) is 6. The zero-order chi connectivity index (χ0) is 18.4. The molecule has 0 radical (unpaired) electrons. The Morgan fingerprint density at radius 3 is 2.59 bits per heavy atom. The predicted octanol–water partition coefficient (Wildman–Crippen LogP) is 3.16. The van der Waals surface area contributed by atoms with Crippen molar-refractivity contribution in [2.75, 3.05) is 0 Å². The van der Waals surface area contributed by atoms with Gasteiger partial charge in [-0.3, -0.25) is 4.68 Å². The minimum atomic E-state index is 0.355. The fraction of sp³-hybridized carbons (Fsp3) is 0.105. The van der Waals surface area contributed by atoms with Gasteiger partial charge in [-0.25, -0.2) is 9.50 Å². The number of hydrogen-bond donors (Lipinski definition) is 0. The molecule has 0 saturated heterocycles. The predicted molar refractivity (Wildman–Crippen MR) is 98.7 cm³/mol. The van der Waals surface area contributed by atoms with Crippen molar-refractivity contribution in [2.45, 2.75) is 6.92 Å². The Balaban J connectivity index is 1.61. The summed E-state index contributed by atoms with van der Waals surface area (Å²) in [6, 6.07) is 13.4. The zero-order valence-electron chi connectivity index (χ0n) is 14.7. The van der Waals surface area contributed by atoms with Crippen LogP contribution in [0.3, 0.4) is 0 Å². The second kappa shape index (κ2) is 5.87. The zero-order valence-corrected chi connectivity index (χ0v) is 14.7. The van der Waals surface area contributed by atoms with Crippen molar-refractivity contribution >= 4 is 5.65 Å². The van der Waals surface area contributed by atoms with Gasteiger partial charge in [-0.1, -0.05) is 18.2 Å². The second-order valence-corrected chi connectivity index (χ2v) is 6.18. The minimum Gasteiger partial charge on any atom is -0.415 e. The van der Waals surface area contributed by atoms with Gasteiger partial charge in [0.15, 0.2) is 11.3 Å². The van der Waals surface area contributed by atoms with Crippen LogP contribution in [0.4, 0.5) is 0 Å². The van der Waals surface area contributed by atoms with Crippen LogP contribution in [0.5, 0.6) is 0 Å².